The Hall–Kier alpha value is -3.11. The molecule has 10 nitrogen and oxygen atoms in total. The summed E-state index contributed by atoms with van der Waals surface area (Å²) in [5.74, 6) is 1.25. The lowest BCUT2D eigenvalue weighted by Gasteiger charge is -2.42. The van der Waals surface area contributed by atoms with Gasteiger partial charge in [-0.05, 0) is 50.5 Å². The number of rotatable bonds is 8. The highest BCUT2D eigenvalue weighted by Gasteiger charge is 2.33. The standard InChI is InChI=1S/C24H33N7O3/c1-25-22-12-21(27-16-5-4-8-30(14-16)17-10-19(11-17)34-3)29-23-20(13-26-31(22)23)24(32)28-15-6-7-18(9-15)33-2/h4-5,8,12-13,15,17-19,25H,6-7,9-11,14H2,1-3H3,(H,27,29)(H,28,32)/t15?,17?,18-,19?/m0/s1. The summed E-state index contributed by atoms with van der Waals surface area (Å²) < 4.78 is 12.5. The van der Waals surface area contributed by atoms with Crippen LogP contribution in [0.15, 0.2) is 36.3 Å². The molecule has 1 aliphatic heterocycles. The zero-order chi connectivity index (χ0) is 23.7. The fraction of sp³-hybridized carbons (Fsp3) is 0.542. The number of anilines is 2. The van der Waals surface area contributed by atoms with Crippen molar-refractivity contribution in [3.63, 3.8) is 0 Å². The first-order valence-electron chi connectivity index (χ1n) is 11.9. The zero-order valence-electron chi connectivity index (χ0n) is 20.0. The summed E-state index contributed by atoms with van der Waals surface area (Å²) in [6, 6.07) is 2.50. The average Bonchev–Trinajstić information content (AvgIpc) is 3.45. The molecule has 0 radical (unpaired) electrons. The third kappa shape index (κ3) is 4.47. The van der Waals surface area contributed by atoms with Gasteiger partial charge in [-0.1, -0.05) is 0 Å². The molecule has 1 unspecified atom stereocenters. The Labute approximate surface area is 199 Å². The quantitative estimate of drug-likeness (QED) is 0.544. The van der Waals surface area contributed by atoms with E-state index < -0.39 is 0 Å². The smallest absolute Gasteiger partial charge is 0.256 e. The molecule has 2 fully saturated rings. The molecule has 1 amide bonds. The van der Waals surface area contributed by atoms with Crippen LogP contribution in [0, 0.1) is 0 Å². The number of carbonyl (C=O) groups excluding carboxylic acids is 1. The van der Waals surface area contributed by atoms with Crippen LogP contribution < -0.4 is 16.0 Å². The van der Waals surface area contributed by atoms with Crippen molar-refractivity contribution >= 4 is 23.2 Å². The average molecular weight is 468 g/mol. The van der Waals surface area contributed by atoms with Crippen molar-refractivity contribution in [2.75, 3.05) is 38.4 Å². The van der Waals surface area contributed by atoms with Crippen molar-refractivity contribution in [3.05, 3.63) is 41.9 Å². The van der Waals surface area contributed by atoms with Crippen LogP contribution in [0.1, 0.15) is 42.5 Å². The summed E-state index contributed by atoms with van der Waals surface area (Å²) in [5.41, 5.74) is 2.02. The van der Waals surface area contributed by atoms with E-state index in [1.165, 1.54) is 0 Å². The van der Waals surface area contributed by atoms with E-state index in [1.807, 2.05) is 13.1 Å². The molecule has 5 rings (SSSR count). The van der Waals surface area contributed by atoms with E-state index in [2.05, 4.69) is 44.3 Å². The third-order valence-electron chi connectivity index (χ3n) is 7.11. The Kier molecular flexibility index (Phi) is 6.42. The molecular formula is C24H33N7O3. The summed E-state index contributed by atoms with van der Waals surface area (Å²) in [6.45, 7) is 0.772. The van der Waals surface area contributed by atoms with Gasteiger partial charge in [-0.2, -0.15) is 9.61 Å². The first kappa shape index (κ1) is 22.7. The predicted molar refractivity (Wildman–Crippen MR) is 130 cm³/mol. The van der Waals surface area contributed by atoms with Crippen LogP contribution in [0.2, 0.25) is 0 Å². The number of fused-ring (bicyclic) bond motifs is 1. The van der Waals surface area contributed by atoms with Gasteiger partial charge in [0.2, 0.25) is 0 Å². The van der Waals surface area contributed by atoms with Crippen LogP contribution in [0.3, 0.4) is 0 Å². The van der Waals surface area contributed by atoms with E-state index in [4.69, 9.17) is 14.5 Å². The maximum atomic E-state index is 13.1. The maximum absolute atomic E-state index is 13.1. The molecular weight excluding hydrogens is 434 g/mol. The van der Waals surface area contributed by atoms with Crippen molar-refractivity contribution in [2.24, 2.45) is 0 Å². The molecule has 2 aliphatic carbocycles. The van der Waals surface area contributed by atoms with Gasteiger partial charge < -0.3 is 30.3 Å². The van der Waals surface area contributed by atoms with Crippen LogP contribution in [0.5, 0.6) is 0 Å². The second kappa shape index (κ2) is 9.63. The molecule has 3 heterocycles. The van der Waals surface area contributed by atoms with Gasteiger partial charge >= 0.3 is 0 Å². The van der Waals surface area contributed by atoms with Crippen LogP contribution >= 0.6 is 0 Å². The normalized spacial score (nSPS) is 26.3. The number of nitrogens with zero attached hydrogens (tertiary/aromatic N) is 4. The van der Waals surface area contributed by atoms with Gasteiger partial charge in [0.25, 0.3) is 5.91 Å². The number of amides is 1. The summed E-state index contributed by atoms with van der Waals surface area (Å²) in [7, 11) is 5.32. The molecule has 2 atom stereocenters. The van der Waals surface area contributed by atoms with Gasteiger partial charge in [0.1, 0.15) is 17.2 Å². The number of carbonyl (C=O) groups is 1. The summed E-state index contributed by atoms with van der Waals surface area (Å²) in [6.07, 6.45) is 13.2. The van der Waals surface area contributed by atoms with Gasteiger partial charge in [-0.25, -0.2) is 4.98 Å². The van der Waals surface area contributed by atoms with E-state index >= 15 is 0 Å². The molecule has 3 N–H and O–H groups in total. The third-order valence-corrected chi connectivity index (χ3v) is 7.11. The van der Waals surface area contributed by atoms with Gasteiger partial charge in [-0.3, -0.25) is 4.79 Å². The molecule has 2 saturated carbocycles. The zero-order valence-corrected chi connectivity index (χ0v) is 20.0. The predicted octanol–water partition coefficient (Wildman–Crippen LogP) is 2.37. The van der Waals surface area contributed by atoms with E-state index in [1.54, 1.807) is 24.9 Å². The number of hydrogen-bond acceptors (Lipinski definition) is 8. The second-order valence-electron chi connectivity index (χ2n) is 9.23. The Morgan fingerprint density at radius 3 is 2.71 bits per heavy atom. The van der Waals surface area contributed by atoms with Gasteiger partial charge in [-0.15, -0.1) is 0 Å². The van der Waals surface area contributed by atoms with Crippen molar-refractivity contribution in [3.8, 4) is 0 Å². The van der Waals surface area contributed by atoms with Gasteiger partial charge in [0.15, 0.2) is 5.65 Å². The molecule has 2 aromatic heterocycles. The van der Waals surface area contributed by atoms with Crippen molar-refractivity contribution in [1.82, 2.24) is 24.8 Å². The first-order chi connectivity index (χ1) is 16.6. The van der Waals surface area contributed by atoms with Crippen LogP contribution in [-0.2, 0) is 9.47 Å². The van der Waals surface area contributed by atoms with Crippen molar-refractivity contribution < 1.29 is 14.3 Å². The maximum Gasteiger partial charge on any atom is 0.256 e. The lowest BCUT2D eigenvalue weighted by molar-refractivity contribution is -0.0114. The highest BCUT2D eigenvalue weighted by atomic mass is 16.5. The van der Waals surface area contributed by atoms with Gasteiger partial charge in [0.05, 0.1) is 24.9 Å². The monoisotopic (exact) mass is 467 g/mol. The van der Waals surface area contributed by atoms with Crippen LogP contribution in [0.4, 0.5) is 11.6 Å². The molecule has 0 aromatic carbocycles. The number of methoxy groups -OCH3 is 2. The molecule has 0 saturated heterocycles. The van der Waals surface area contributed by atoms with E-state index in [-0.39, 0.29) is 18.1 Å². The minimum Gasteiger partial charge on any atom is -0.381 e. The Balaban J connectivity index is 1.32. The fourth-order valence-electron chi connectivity index (χ4n) is 4.98. The van der Waals surface area contributed by atoms with Crippen LogP contribution in [0.25, 0.3) is 5.65 Å². The Morgan fingerprint density at radius 2 is 1.97 bits per heavy atom. The molecule has 182 valence electrons. The van der Waals surface area contributed by atoms with Crippen LogP contribution in [-0.4, -0.2) is 77.5 Å². The molecule has 10 heteroatoms. The minimum atomic E-state index is -0.160. The number of hydrogen-bond donors (Lipinski definition) is 3. The molecule has 2 aromatic rings. The van der Waals surface area contributed by atoms with Gasteiger partial charge in [0, 0.05) is 45.1 Å². The highest BCUT2D eigenvalue weighted by Crippen LogP contribution is 2.30. The molecule has 3 aliphatic rings. The largest absolute Gasteiger partial charge is 0.381 e. The fourth-order valence-corrected chi connectivity index (χ4v) is 4.98. The van der Waals surface area contributed by atoms with Crippen molar-refractivity contribution in [2.45, 2.75) is 56.4 Å². The lowest BCUT2D eigenvalue weighted by Crippen LogP contribution is -2.47. The number of ether oxygens (including phenoxy) is 2. The number of allylic oxidation sites excluding steroid dienone is 2. The first-order valence-corrected chi connectivity index (χ1v) is 11.9. The summed E-state index contributed by atoms with van der Waals surface area (Å²) in [5, 5.41) is 14.1. The Morgan fingerprint density at radius 1 is 1.15 bits per heavy atom. The van der Waals surface area contributed by atoms with Crippen molar-refractivity contribution in [1.29, 1.82) is 0 Å². The van der Waals surface area contributed by atoms with E-state index in [0.717, 1.165) is 50.2 Å². The second-order valence-corrected chi connectivity index (χ2v) is 9.23. The van der Waals surface area contributed by atoms with E-state index in [0.29, 0.717) is 29.2 Å². The highest BCUT2D eigenvalue weighted by molar-refractivity contribution is 6.00. The Bertz CT molecular complexity index is 1110. The SMILES string of the molecule is CNc1cc(NC2=CC=CN(C3CC(OC)C3)C2)nc2c(C(=O)NC3CC[C@H](OC)C3)cnn12. The minimum absolute atomic E-state index is 0.104. The summed E-state index contributed by atoms with van der Waals surface area (Å²) in [4.78, 5) is 20.1. The molecule has 0 bridgehead atoms. The topological polar surface area (TPSA) is 105 Å². The molecule has 34 heavy (non-hydrogen) atoms. The number of nitrogens with one attached hydrogen (secondary N) is 3. The summed E-state index contributed by atoms with van der Waals surface area (Å²) >= 11 is 0. The number of aromatic nitrogens is 3. The van der Waals surface area contributed by atoms with E-state index in [9.17, 15) is 4.79 Å². The molecule has 0 spiro atoms. The lowest BCUT2D eigenvalue weighted by atomic mass is 9.87.